The zero-order valence-corrected chi connectivity index (χ0v) is 28.4. The number of hydrogen-bond acceptors (Lipinski definition) is 9. The van der Waals surface area contributed by atoms with Gasteiger partial charge in [0.1, 0.15) is 0 Å². The van der Waals surface area contributed by atoms with E-state index in [1.165, 1.54) is 12.7 Å². The number of unbranched alkanes of at least 4 members (excludes halogenated alkanes) is 2. The van der Waals surface area contributed by atoms with Crippen molar-refractivity contribution in [3.8, 4) is 0 Å². The molecule has 1 aliphatic heterocycles. The van der Waals surface area contributed by atoms with Crippen molar-refractivity contribution in [3.05, 3.63) is 91.9 Å². The van der Waals surface area contributed by atoms with Crippen LogP contribution in [0.3, 0.4) is 0 Å². The fourth-order valence-electron chi connectivity index (χ4n) is 6.37. The Morgan fingerprint density at radius 2 is 1.83 bits per heavy atom. The van der Waals surface area contributed by atoms with E-state index in [4.69, 9.17) is 48.1 Å². The van der Waals surface area contributed by atoms with Crippen molar-refractivity contribution >= 4 is 51.7 Å². The second-order valence-electron chi connectivity index (χ2n) is 11.7. The van der Waals surface area contributed by atoms with E-state index in [2.05, 4.69) is 10.6 Å². The van der Waals surface area contributed by atoms with Gasteiger partial charge in [0, 0.05) is 45.6 Å². The van der Waals surface area contributed by atoms with Gasteiger partial charge in [-0.25, -0.2) is 9.59 Å². The second kappa shape index (κ2) is 16.5. The highest BCUT2D eigenvalue weighted by Gasteiger charge is 2.39. The van der Waals surface area contributed by atoms with E-state index in [1.807, 2.05) is 24.3 Å². The number of aromatic nitrogens is 1. The first-order valence-corrected chi connectivity index (χ1v) is 16.9. The van der Waals surface area contributed by atoms with Crippen LogP contribution in [-0.2, 0) is 36.6 Å². The number of anilines is 1. The Kier molecular flexibility index (Phi) is 12.2. The number of nitrogens with zero attached hydrogens (tertiary/aromatic N) is 1. The summed E-state index contributed by atoms with van der Waals surface area (Å²) in [5.74, 6) is -1.91. The average Bonchev–Trinajstić information content (AvgIpc) is 3.07. The van der Waals surface area contributed by atoms with Gasteiger partial charge in [0.15, 0.2) is 0 Å². The molecule has 2 aromatic carbocycles. The van der Waals surface area contributed by atoms with Gasteiger partial charge in [-0.05, 0) is 87.3 Å². The Bertz CT molecular complexity index is 1690. The number of fused-ring (bicyclic) bond motifs is 2. The first-order chi connectivity index (χ1) is 22.8. The highest BCUT2D eigenvalue weighted by molar-refractivity contribution is 6.32. The molecule has 0 spiro atoms. The molecule has 0 fully saturated rings. The van der Waals surface area contributed by atoms with Crippen molar-refractivity contribution in [2.45, 2.75) is 57.8 Å². The van der Waals surface area contributed by atoms with Crippen LogP contribution >= 0.6 is 23.2 Å². The molecule has 1 unspecified atom stereocenters. The molecule has 0 bridgehead atoms. The minimum atomic E-state index is -0.804. The standard InChI is InChI=1S/C36H42Cl2N4O5/c1-22-31(32(24-10-4-6-12-27(24)38)33(35(43)45-2)30(41-22)21-46-19-16-39)36(44)47-18-9-3-8-17-40-34-25-11-5-7-13-28(25)42-29-20-23(37)14-15-26(29)34/h4,6,10,12,14-15,20,32,41H,3,5,7-9,11,13,16-19,21,39H2,1-2H3,(H,40,42). The zero-order chi connectivity index (χ0) is 33.3. The summed E-state index contributed by atoms with van der Waals surface area (Å²) in [6.45, 7) is 3.52. The molecule has 3 aromatic rings. The Morgan fingerprint density at radius 3 is 2.62 bits per heavy atom. The monoisotopic (exact) mass is 680 g/mol. The average molecular weight is 682 g/mol. The van der Waals surface area contributed by atoms with Crippen LogP contribution in [0.15, 0.2) is 65.0 Å². The Morgan fingerprint density at radius 1 is 1.02 bits per heavy atom. The molecule has 0 amide bonds. The lowest BCUT2D eigenvalue weighted by Gasteiger charge is -2.31. The number of aryl methyl sites for hydroxylation is 1. The maximum Gasteiger partial charge on any atom is 0.336 e. The number of pyridine rings is 1. The van der Waals surface area contributed by atoms with Gasteiger partial charge in [-0.1, -0.05) is 41.4 Å². The molecule has 11 heteroatoms. The molecule has 9 nitrogen and oxygen atoms in total. The van der Waals surface area contributed by atoms with E-state index in [-0.39, 0.29) is 18.8 Å². The molecule has 1 aromatic heterocycles. The molecule has 2 heterocycles. The van der Waals surface area contributed by atoms with Crippen LogP contribution in [-0.4, -0.2) is 56.9 Å². The first-order valence-electron chi connectivity index (χ1n) is 16.2. The molecule has 4 N–H and O–H groups in total. The summed E-state index contributed by atoms with van der Waals surface area (Å²) in [5, 5.41) is 9.06. The summed E-state index contributed by atoms with van der Waals surface area (Å²) < 4.78 is 16.6. The van der Waals surface area contributed by atoms with Gasteiger partial charge in [-0.2, -0.15) is 0 Å². The van der Waals surface area contributed by atoms with Crippen LogP contribution in [0.25, 0.3) is 10.9 Å². The predicted molar refractivity (Wildman–Crippen MR) is 186 cm³/mol. The minimum absolute atomic E-state index is 0.0854. The normalized spacial score (nSPS) is 16.1. The molecule has 0 saturated carbocycles. The topological polar surface area (TPSA) is 125 Å². The summed E-state index contributed by atoms with van der Waals surface area (Å²) in [7, 11) is 1.30. The number of benzene rings is 2. The molecular formula is C36H42Cl2N4O5. The fraction of sp³-hybridized carbons (Fsp3) is 0.417. The lowest BCUT2D eigenvalue weighted by Crippen LogP contribution is -2.35. The number of nitrogens with one attached hydrogen (secondary N) is 2. The number of esters is 2. The molecule has 0 saturated heterocycles. The lowest BCUT2D eigenvalue weighted by molar-refractivity contribution is -0.139. The van der Waals surface area contributed by atoms with E-state index in [9.17, 15) is 9.59 Å². The number of ether oxygens (including phenoxy) is 3. The molecule has 5 rings (SSSR count). The van der Waals surface area contributed by atoms with E-state index in [1.54, 1.807) is 25.1 Å². The van der Waals surface area contributed by atoms with Crippen LogP contribution in [0, 0.1) is 0 Å². The van der Waals surface area contributed by atoms with Gasteiger partial charge in [0.05, 0.1) is 55.2 Å². The number of carbonyl (C=O) groups excluding carboxylic acids is 2. The lowest BCUT2D eigenvalue weighted by atomic mass is 9.80. The number of hydrogen-bond donors (Lipinski definition) is 3. The Hall–Kier alpha value is -3.63. The van der Waals surface area contributed by atoms with Crippen LogP contribution in [0.5, 0.6) is 0 Å². The molecule has 2 aliphatic rings. The summed E-state index contributed by atoms with van der Waals surface area (Å²) in [6.07, 6.45) is 6.77. The van der Waals surface area contributed by atoms with Crippen molar-refractivity contribution in [2.75, 3.05) is 45.3 Å². The smallest absolute Gasteiger partial charge is 0.336 e. The molecule has 1 aliphatic carbocycles. The summed E-state index contributed by atoms with van der Waals surface area (Å²) in [4.78, 5) is 31.8. The van der Waals surface area contributed by atoms with Crippen molar-refractivity contribution in [1.82, 2.24) is 10.3 Å². The predicted octanol–water partition coefficient (Wildman–Crippen LogP) is 6.61. The second-order valence-corrected chi connectivity index (χ2v) is 12.6. The number of nitrogens with two attached hydrogens (primary N) is 1. The number of carbonyl (C=O) groups is 2. The molecule has 0 radical (unpaired) electrons. The third-order valence-electron chi connectivity index (χ3n) is 8.58. The van der Waals surface area contributed by atoms with E-state index in [0.717, 1.165) is 67.4 Å². The summed E-state index contributed by atoms with van der Waals surface area (Å²) in [5.41, 5.74) is 12.3. The van der Waals surface area contributed by atoms with Crippen molar-refractivity contribution in [3.63, 3.8) is 0 Å². The first kappa shape index (κ1) is 34.7. The maximum absolute atomic E-state index is 13.7. The van der Waals surface area contributed by atoms with Gasteiger partial charge in [0.2, 0.25) is 0 Å². The third kappa shape index (κ3) is 8.09. The summed E-state index contributed by atoms with van der Waals surface area (Å²) >= 11 is 12.9. The van der Waals surface area contributed by atoms with Gasteiger partial charge < -0.3 is 30.6 Å². The summed E-state index contributed by atoms with van der Waals surface area (Å²) in [6, 6.07) is 13.0. The number of methoxy groups -OCH3 is 1. The van der Waals surface area contributed by atoms with Crippen molar-refractivity contribution < 1.29 is 23.8 Å². The fourth-order valence-corrected chi connectivity index (χ4v) is 6.78. The quantitative estimate of drug-likeness (QED) is 0.127. The highest BCUT2D eigenvalue weighted by atomic mass is 35.5. The molecule has 47 heavy (non-hydrogen) atoms. The number of dihydropyridines is 1. The van der Waals surface area contributed by atoms with Crippen molar-refractivity contribution in [1.29, 1.82) is 0 Å². The number of allylic oxidation sites excluding steroid dienone is 1. The molecular weight excluding hydrogens is 639 g/mol. The van der Waals surface area contributed by atoms with Crippen LogP contribution in [0.2, 0.25) is 10.0 Å². The highest BCUT2D eigenvalue weighted by Crippen LogP contribution is 2.42. The van der Waals surface area contributed by atoms with Crippen molar-refractivity contribution in [2.24, 2.45) is 5.73 Å². The Balaban J connectivity index is 1.23. The minimum Gasteiger partial charge on any atom is -0.466 e. The van der Waals surface area contributed by atoms with E-state index >= 15 is 0 Å². The largest absolute Gasteiger partial charge is 0.466 e. The number of halogens is 2. The number of rotatable bonds is 14. The zero-order valence-electron chi connectivity index (χ0n) is 26.9. The van der Waals surface area contributed by atoms with Crippen LogP contribution < -0.4 is 16.4 Å². The van der Waals surface area contributed by atoms with Gasteiger partial charge >= 0.3 is 11.9 Å². The van der Waals surface area contributed by atoms with Gasteiger partial charge in [-0.3, -0.25) is 4.98 Å². The third-order valence-corrected chi connectivity index (χ3v) is 9.16. The van der Waals surface area contributed by atoms with Gasteiger partial charge in [0.25, 0.3) is 0 Å². The van der Waals surface area contributed by atoms with Crippen LogP contribution in [0.1, 0.15) is 61.8 Å². The maximum atomic E-state index is 13.7. The van der Waals surface area contributed by atoms with Crippen LogP contribution in [0.4, 0.5) is 5.69 Å². The van der Waals surface area contributed by atoms with Gasteiger partial charge in [-0.15, -0.1) is 0 Å². The SMILES string of the molecule is COC(=O)C1=C(COCCN)NC(C)=C(C(=O)OCCCCCNc2c3c(nc4cc(Cl)ccc24)CCCC3)C1c1ccccc1Cl. The van der Waals surface area contributed by atoms with E-state index in [0.29, 0.717) is 52.1 Å². The van der Waals surface area contributed by atoms with E-state index < -0.39 is 17.9 Å². The molecule has 1 atom stereocenters. The Labute approximate surface area is 285 Å². The molecule has 250 valence electrons.